The third-order valence-corrected chi connectivity index (χ3v) is 3.87. The van der Waals surface area contributed by atoms with Crippen LogP contribution in [0.15, 0.2) is 78.9 Å². The zero-order chi connectivity index (χ0) is 16.2. The molecule has 0 fully saturated rings. The van der Waals surface area contributed by atoms with Crippen molar-refractivity contribution in [3.8, 4) is 5.75 Å². The lowest BCUT2D eigenvalue weighted by Gasteiger charge is -2.20. The molecule has 3 aromatic carbocycles. The minimum atomic E-state index is -0.949. The number of hydrogen-bond acceptors (Lipinski definition) is 2. The van der Waals surface area contributed by atoms with Crippen molar-refractivity contribution in [1.82, 2.24) is 0 Å². The molecule has 1 unspecified atom stereocenters. The molecule has 2 N–H and O–H groups in total. The van der Waals surface area contributed by atoms with Crippen LogP contribution in [0, 0.1) is 0 Å². The van der Waals surface area contributed by atoms with E-state index in [0.29, 0.717) is 0 Å². The average molecular weight is 304 g/mol. The van der Waals surface area contributed by atoms with Crippen molar-refractivity contribution in [2.24, 2.45) is 0 Å². The van der Waals surface area contributed by atoms with Gasteiger partial charge in [0.05, 0.1) is 5.56 Å². The molecule has 114 valence electrons. The maximum Gasteiger partial charge on any atom is 0.335 e. The molecule has 0 saturated carbocycles. The highest BCUT2D eigenvalue weighted by Gasteiger charge is 2.19. The predicted molar refractivity (Wildman–Crippen MR) is 88.9 cm³/mol. The Balaban J connectivity index is 2.13. The maximum absolute atomic E-state index is 11.0. The molecule has 3 heteroatoms. The van der Waals surface area contributed by atoms with Crippen LogP contribution in [0.3, 0.4) is 0 Å². The van der Waals surface area contributed by atoms with Gasteiger partial charge >= 0.3 is 5.97 Å². The van der Waals surface area contributed by atoms with Gasteiger partial charge in [0.2, 0.25) is 0 Å². The Hall–Kier alpha value is -3.07. The first-order valence-corrected chi connectivity index (χ1v) is 7.33. The summed E-state index contributed by atoms with van der Waals surface area (Å²) >= 11 is 0. The van der Waals surface area contributed by atoms with Crippen molar-refractivity contribution in [2.75, 3.05) is 0 Å². The monoisotopic (exact) mass is 304 g/mol. The van der Waals surface area contributed by atoms with Crippen LogP contribution in [-0.4, -0.2) is 16.2 Å². The molecule has 0 saturated heterocycles. The van der Waals surface area contributed by atoms with Crippen molar-refractivity contribution in [1.29, 1.82) is 0 Å². The minimum absolute atomic E-state index is 0.153. The number of hydrogen-bond donors (Lipinski definition) is 2. The fraction of sp³-hybridized carbons (Fsp3) is 0.0500. The highest BCUT2D eigenvalue weighted by molar-refractivity contribution is 5.87. The summed E-state index contributed by atoms with van der Waals surface area (Å²) in [7, 11) is 0. The van der Waals surface area contributed by atoms with Crippen LogP contribution in [0.1, 0.15) is 33.0 Å². The summed E-state index contributed by atoms with van der Waals surface area (Å²) in [5, 5.41) is 19.3. The summed E-state index contributed by atoms with van der Waals surface area (Å²) < 4.78 is 0. The van der Waals surface area contributed by atoms with Gasteiger partial charge in [-0.3, -0.25) is 0 Å². The Morgan fingerprint density at radius 3 is 1.91 bits per heavy atom. The predicted octanol–water partition coefficient (Wildman–Crippen LogP) is 4.27. The maximum atomic E-state index is 11.0. The number of aromatic hydroxyl groups is 1. The number of para-hydroxylation sites is 1. The Bertz CT molecular complexity index is 808. The van der Waals surface area contributed by atoms with E-state index in [9.17, 15) is 9.90 Å². The topological polar surface area (TPSA) is 57.5 Å². The van der Waals surface area contributed by atoms with Crippen LogP contribution in [0.5, 0.6) is 5.75 Å². The van der Waals surface area contributed by atoms with Crippen LogP contribution in [0.25, 0.3) is 0 Å². The van der Waals surface area contributed by atoms with Gasteiger partial charge in [-0.1, -0.05) is 60.7 Å². The second-order valence-corrected chi connectivity index (χ2v) is 5.33. The Labute approximate surface area is 134 Å². The van der Waals surface area contributed by atoms with Gasteiger partial charge in [0.15, 0.2) is 0 Å². The lowest BCUT2D eigenvalue weighted by Crippen LogP contribution is -2.04. The van der Waals surface area contributed by atoms with Gasteiger partial charge in [-0.2, -0.15) is 0 Å². The fourth-order valence-corrected chi connectivity index (χ4v) is 2.75. The number of phenols is 1. The van der Waals surface area contributed by atoms with E-state index in [1.165, 1.54) is 0 Å². The smallest absolute Gasteiger partial charge is 0.335 e. The lowest BCUT2D eigenvalue weighted by molar-refractivity contribution is 0.0697. The molecule has 0 aliphatic carbocycles. The molecule has 0 aliphatic rings. The summed E-state index contributed by atoms with van der Waals surface area (Å²) in [6, 6.07) is 23.9. The Morgan fingerprint density at radius 1 is 0.739 bits per heavy atom. The molecule has 0 bridgehead atoms. The van der Waals surface area contributed by atoms with Crippen LogP contribution in [-0.2, 0) is 0 Å². The first-order valence-electron chi connectivity index (χ1n) is 7.33. The number of carboxylic acid groups (broad SMARTS) is 1. The van der Waals surface area contributed by atoms with Crippen molar-refractivity contribution >= 4 is 5.97 Å². The van der Waals surface area contributed by atoms with E-state index < -0.39 is 5.97 Å². The number of phenolic OH excluding ortho intramolecular Hbond substituents is 1. The SMILES string of the molecule is O=C(O)c1ccc(C(c2ccccc2)c2ccccc2O)cc1. The molecule has 0 amide bonds. The van der Waals surface area contributed by atoms with Gasteiger partial charge in [0.1, 0.15) is 5.75 Å². The second-order valence-electron chi connectivity index (χ2n) is 5.33. The number of rotatable bonds is 4. The quantitative estimate of drug-likeness (QED) is 0.708. The highest BCUT2D eigenvalue weighted by Crippen LogP contribution is 2.36. The normalized spacial score (nSPS) is 11.8. The summed E-state index contributed by atoms with van der Waals surface area (Å²) in [5.74, 6) is -0.876. The lowest BCUT2D eigenvalue weighted by atomic mass is 9.84. The van der Waals surface area contributed by atoms with Gasteiger partial charge in [-0.15, -0.1) is 0 Å². The Morgan fingerprint density at radius 2 is 1.30 bits per heavy atom. The van der Waals surface area contributed by atoms with Gasteiger partial charge in [-0.25, -0.2) is 4.79 Å². The second kappa shape index (κ2) is 6.36. The summed E-state index contributed by atoms with van der Waals surface area (Å²) in [6.45, 7) is 0. The van der Waals surface area contributed by atoms with E-state index in [1.54, 1.807) is 36.4 Å². The zero-order valence-electron chi connectivity index (χ0n) is 12.4. The largest absolute Gasteiger partial charge is 0.508 e. The van der Waals surface area contributed by atoms with Gasteiger partial charge in [0.25, 0.3) is 0 Å². The van der Waals surface area contributed by atoms with E-state index in [-0.39, 0.29) is 17.2 Å². The highest BCUT2D eigenvalue weighted by atomic mass is 16.4. The molecule has 3 aromatic rings. The molecule has 3 rings (SSSR count). The average Bonchev–Trinajstić information content (AvgIpc) is 2.58. The van der Waals surface area contributed by atoms with Gasteiger partial charge in [-0.05, 0) is 29.3 Å². The van der Waals surface area contributed by atoms with E-state index in [2.05, 4.69) is 0 Å². The molecule has 0 aliphatic heterocycles. The van der Waals surface area contributed by atoms with Gasteiger partial charge < -0.3 is 10.2 Å². The molecule has 23 heavy (non-hydrogen) atoms. The van der Waals surface area contributed by atoms with Crippen molar-refractivity contribution in [3.05, 3.63) is 101 Å². The van der Waals surface area contributed by atoms with Crippen LogP contribution >= 0.6 is 0 Å². The number of carbonyl (C=O) groups is 1. The van der Waals surface area contributed by atoms with E-state index in [1.807, 2.05) is 42.5 Å². The molecular formula is C20H16O3. The van der Waals surface area contributed by atoms with Gasteiger partial charge in [0, 0.05) is 11.5 Å². The molecule has 0 radical (unpaired) electrons. The van der Waals surface area contributed by atoms with E-state index >= 15 is 0 Å². The molecular weight excluding hydrogens is 288 g/mol. The van der Waals surface area contributed by atoms with Crippen molar-refractivity contribution < 1.29 is 15.0 Å². The standard InChI is InChI=1S/C20H16O3/c21-18-9-5-4-8-17(18)19(14-6-2-1-3-7-14)15-10-12-16(13-11-15)20(22)23/h1-13,19,21H,(H,22,23). The first-order chi connectivity index (χ1) is 11.2. The number of carboxylic acids is 1. The first kappa shape index (κ1) is 14.9. The van der Waals surface area contributed by atoms with Crippen LogP contribution < -0.4 is 0 Å². The molecule has 0 heterocycles. The summed E-state index contributed by atoms with van der Waals surface area (Å²) in [6.07, 6.45) is 0. The molecule has 3 nitrogen and oxygen atoms in total. The van der Waals surface area contributed by atoms with Crippen molar-refractivity contribution in [3.63, 3.8) is 0 Å². The van der Waals surface area contributed by atoms with E-state index in [4.69, 9.17) is 5.11 Å². The van der Waals surface area contributed by atoms with Crippen molar-refractivity contribution in [2.45, 2.75) is 5.92 Å². The minimum Gasteiger partial charge on any atom is -0.508 e. The summed E-state index contributed by atoms with van der Waals surface area (Å²) in [4.78, 5) is 11.0. The van der Waals surface area contributed by atoms with Crippen LogP contribution in [0.4, 0.5) is 0 Å². The van der Waals surface area contributed by atoms with Crippen LogP contribution in [0.2, 0.25) is 0 Å². The summed E-state index contributed by atoms with van der Waals surface area (Å²) in [5.41, 5.74) is 3.01. The molecule has 0 spiro atoms. The zero-order valence-corrected chi connectivity index (χ0v) is 12.4. The molecule has 1 atom stereocenters. The number of benzene rings is 3. The number of aromatic carboxylic acids is 1. The van der Waals surface area contributed by atoms with E-state index in [0.717, 1.165) is 16.7 Å². The fourth-order valence-electron chi connectivity index (χ4n) is 2.75. The third-order valence-electron chi connectivity index (χ3n) is 3.87. The molecule has 0 aromatic heterocycles. The Kier molecular flexibility index (Phi) is 4.11. The third kappa shape index (κ3) is 3.09.